The third kappa shape index (κ3) is 11.6. The van der Waals surface area contributed by atoms with E-state index in [0.29, 0.717) is 0 Å². The van der Waals surface area contributed by atoms with Crippen LogP contribution in [0.2, 0.25) is 0 Å². The lowest BCUT2D eigenvalue weighted by Gasteiger charge is -2.03. The number of unbranched alkanes of at least 4 members (excludes halogenated alkanes) is 13. The van der Waals surface area contributed by atoms with Crippen molar-refractivity contribution in [2.75, 3.05) is 0 Å². The topological polar surface area (TPSA) is 3.88 Å². The molecule has 1 aromatic heterocycles. The van der Waals surface area contributed by atoms with Crippen molar-refractivity contribution in [3.63, 3.8) is 0 Å². The Kier molecular flexibility index (Phi) is 13.4. The van der Waals surface area contributed by atoms with Crippen LogP contribution in [0.3, 0.4) is 0 Å². The highest BCUT2D eigenvalue weighted by Crippen LogP contribution is 2.13. The Morgan fingerprint density at radius 1 is 0.696 bits per heavy atom. The van der Waals surface area contributed by atoms with Gasteiger partial charge in [-0.2, -0.15) is 4.57 Å². The summed E-state index contributed by atoms with van der Waals surface area (Å²) in [5.74, 6) is 0. The molecule has 2 heteroatoms. The monoisotopic (exact) mass is 336 g/mol. The van der Waals surface area contributed by atoms with Gasteiger partial charge in [-0.1, -0.05) is 96.6 Å². The van der Waals surface area contributed by atoms with Gasteiger partial charge in [0.1, 0.15) is 6.54 Å². The third-order valence-corrected chi connectivity index (χ3v) is 5.08. The third-order valence-electron chi connectivity index (χ3n) is 4.67. The van der Waals surface area contributed by atoms with Crippen LogP contribution in [0.1, 0.15) is 96.8 Å². The zero-order valence-electron chi connectivity index (χ0n) is 15.3. The van der Waals surface area contributed by atoms with E-state index in [1.807, 2.05) is 6.07 Å². The Morgan fingerprint density at radius 3 is 1.65 bits per heavy atom. The average Bonchev–Trinajstić information content (AvgIpc) is 2.57. The molecule has 0 aliphatic heterocycles. The van der Waals surface area contributed by atoms with E-state index in [4.69, 9.17) is 0 Å². The lowest BCUT2D eigenvalue weighted by Crippen LogP contribution is -2.34. The van der Waals surface area contributed by atoms with E-state index < -0.39 is 0 Å². The molecule has 0 aromatic carbocycles. The number of nitrogens with zero attached hydrogens (tertiary/aromatic N) is 1. The second-order valence-corrected chi connectivity index (χ2v) is 7.31. The Balaban J connectivity index is 1.79. The summed E-state index contributed by atoms with van der Waals surface area (Å²) in [7, 11) is 0. The molecule has 0 atom stereocenters. The minimum Gasteiger partial charge on any atom is -0.193 e. The molecule has 132 valence electrons. The molecule has 0 bridgehead atoms. The molecule has 0 aliphatic carbocycles. The van der Waals surface area contributed by atoms with Crippen LogP contribution in [0.5, 0.6) is 0 Å². The molecular weight excluding hydrogens is 298 g/mol. The summed E-state index contributed by atoms with van der Waals surface area (Å²) in [5.41, 5.74) is 0. The maximum atomic E-state index is 4.48. The highest BCUT2D eigenvalue weighted by molar-refractivity contribution is 7.80. The van der Waals surface area contributed by atoms with Crippen LogP contribution in [0.25, 0.3) is 0 Å². The molecule has 1 aromatic rings. The molecule has 23 heavy (non-hydrogen) atoms. The smallest absolute Gasteiger partial charge is 0.193 e. The number of rotatable bonds is 15. The van der Waals surface area contributed by atoms with Crippen molar-refractivity contribution in [1.82, 2.24) is 0 Å². The summed E-state index contributed by atoms with van der Waals surface area (Å²) in [4.78, 5) is 0. The summed E-state index contributed by atoms with van der Waals surface area (Å²) in [6, 6.07) is 6.19. The van der Waals surface area contributed by atoms with Crippen LogP contribution < -0.4 is 4.57 Å². The van der Waals surface area contributed by atoms with Crippen molar-refractivity contribution in [2.24, 2.45) is 0 Å². The lowest BCUT2D eigenvalue weighted by molar-refractivity contribution is -0.732. The predicted molar refractivity (Wildman–Crippen MR) is 104 cm³/mol. The highest BCUT2D eigenvalue weighted by Gasteiger charge is 2.03. The van der Waals surface area contributed by atoms with Crippen molar-refractivity contribution < 1.29 is 4.57 Å². The first-order valence-electron chi connectivity index (χ1n) is 10.0. The fraction of sp³-hybridized carbons (Fsp3) is 0.762. The number of hydrogen-bond donors (Lipinski definition) is 1. The van der Waals surface area contributed by atoms with Crippen molar-refractivity contribution >= 4 is 12.6 Å². The van der Waals surface area contributed by atoms with E-state index in [9.17, 15) is 0 Å². The molecule has 0 spiro atoms. The lowest BCUT2D eigenvalue weighted by atomic mass is 10.0. The summed E-state index contributed by atoms with van der Waals surface area (Å²) < 4.78 is 2.24. The van der Waals surface area contributed by atoms with E-state index in [-0.39, 0.29) is 0 Å². The number of hydrogen-bond acceptors (Lipinski definition) is 1. The molecule has 0 N–H and O–H groups in total. The van der Waals surface area contributed by atoms with Gasteiger partial charge < -0.3 is 0 Å². The van der Waals surface area contributed by atoms with Crippen molar-refractivity contribution in [2.45, 2.75) is 108 Å². The van der Waals surface area contributed by atoms with Gasteiger partial charge >= 0.3 is 0 Å². The first-order valence-corrected chi connectivity index (χ1v) is 10.5. The van der Waals surface area contributed by atoms with Crippen LogP contribution in [-0.4, -0.2) is 0 Å². The molecule has 0 saturated heterocycles. The first kappa shape index (κ1) is 20.5. The van der Waals surface area contributed by atoms with Gasteiger partial charge in [-0.3, -0.25) is 0 Å². The van der Waals surface area contributed by atoms with E-state index in [2.05, 4.69) is 42.4 Å². The average molecular weight is 337 g/mol. The van der Waals surface area contributed by atoms with Crippen molar-refractivity contribution in [3.8, 4) is 0 Å². The summed E-state index contributed by atoms with van der Waals surface area (Å²) in [6.45, 7) is 3.40. The zero-order chi connectivity index (χ0) is 16.6. The van der Waals surface area contributed by atoms with E-state index >= 15 is 0 Å². The molecule has 0 aliphatic rings. The normalized spacial score (nSPS) is 11.0. The van der Waals surface area contributed by atoms with Crippen molar-refractivity contribution in [1.29, 1.82) is 0 Å². The van der Waals surface area contributed by atoms with Gasteiger partial charge in [-0.05, 0) is 12.5 Å². The number of aryl methyl sites for hydroxylation is 1. The molecule has 0 unspecified atom stereocenters. The van der Waals surface area contributed by atoms with Gasteiger partial charge in [0.15, 0.2) is 6.20 Å². The van der Waals surface area contributed by atoms with E-state index in [1.54, 1.807) is 0 Å². The Morgan fingerprint density at radius 2 is 1.17 bits per heavy atom. The van der Waals surface area contributed by atoms with Gasteiger partial charge in [-0.15, -0.1) is 0 Å². The second kappa shape index (κ2) is 15.1. The SMILES string of the molecule is CCCCCCCCCCCCCCCC[n+]1ccccc1S. The molecule has 0 fully saturated rings. The minimum atomic E-state index is 1.07. The fourth-order valence-electron chi connectivity index (χ4n) is 3.13. The predicted octanol–water partition coefficient (Wildman–Crippen LogP) is 6.74. The van der Waals surface area contributed by atoms with E-state index in [1.165, 1.54) is 89.9 Å². The number of pyridine rings is 1. The molecule has 0 saturated carbocycles. The van der Waals surface area contributed by atoms with Gasteiger partial charge in [0.25, 0.3) is 0 Å². The van der Waals surface area contributed by atoms with Gasteiger partial charge in [0.2, 0.25) is 5.03 Å². The molecule has 1 nitrogen and oxygen atoms in total. The highest BCUT2D eigenvalue weighted by atomic mass is 32.1. The Hall–Kier alpha value is -0.500. The molecule has 1 heterocycles. The summed E-state index contributed by atoms with van der Waals surface area (Å²) in [5, 5.41) is 1.07. The van der Waals surface area contributed by atoms with E-state index in [0.717, 1.165) is 11.6 Å². The molecular formula is C21H38NS+. The Labute approximate surface area is 150 Å². The van der Waals surface area contributed by atoms with Crippen LogP contribution >= 0.6 is 12.6 Å². The largest absolute Gasteiger partial charge is 0.236 e. The van der Waals surface area contributed by atoms with Crippen LogP contribution in [0.15, 0.2) is 29.4 Å². The van der Waals surface area contributed by atoms with Gasteiger partial charge in [0.05, 0.1) is 0 Å². The second-order valence-electron chi connectivity index (χ2n) is 6.85. The standard InChI is InChI=1S/C21H37NS/c1-2-3-4-5-6-7-8-9-10-11-12-13-14-16-19-22-20-17-15-18-21(22)23/h15,17-18,20H,2-14,16,19H2,1H3/p+1. The van der Waals surface area contributed by atoms with Crippen LogP contribution in [-0.2, 0) is 6.54 Å². The maximum absolute atomic E-state index is 4.48. The summed E-state index contributed by atoms with van der Waals surface area (Å²) >= 11 is 4.48. The Bertz CT molecular complexity index is 378. The van der Waals surface area contributed by atoms with Gasteiger partial charge in [-0.25, -0.2) is 0 Å². The minimum absolute atomic E-state index is 1.07. The fourth-order valence-corrected chi connectivity index (χ4v) is 3.39. The van der Waals surface area contributed by atoms with Crippen molar-refractivity contribution in [3.05, 3.63) is 24.4 Å². The van der Waals surface area contributed by atoms with Crippen LogP contribution in [0, 0.1) is 0 Å². The maximum Gasteiger partial charge on any atom is 0.236 e. The quantitative estimate of drug-likeness (QED) is 0.205. The zero-order valence-corrected chi connectivity index (χ0v) is 16.2. The van der Waals surface area contributed by atoms with Crippen LogP contribution in [0.4, 0.5) is 0 Å². The number of thiol groups is 1. The summed E-state index contributed by atoms with van der Waals surface area (Å²) in [6.07, 6.45) is 22.0. The molecule has 0 amide bonds. The molecule has 0 radical (unpaired) electrons. The number of aromatic nitrogens is 1. The first-order chi connectivity index (χ1) is 11.3. The molecule has 1 rings (SSSR count). The van der Waals surface area contributed by atoms with Gasteiger partial charge in [0, 0.05) is 18.6 Å².